The molecule has 0 aliphatic carbocycles. The van der Waals surface area contributed by atoms with E-state index in [1.54, 1.807) is 7.05 Å². The zero-order chi connectivity index (χ0) is 8.65. The van der Waals surface area contributed by atoms with Crippen molar-refractivity contribution in [3.63, 3.8) is 0 Å². The summed E-state index contributed by atoms with van der Waals surface area (Å²) in [6.45, 7) is 1.49. The Bertz CT molecular complexity index is 368. The summed E-state index contributed by atoms with van der Waals surface area (Å²) in [5.41, 5.74) is 0.299. The Labute approximate surface area is 63.9 Å². The summed E-state index contributed by atoms with van der Waals surface area (Å²) < 4.78 is 34.3. The standard InChI is InChI=1S/C5H7FN2O2S/c1-4-5(11(6,9)10)3-7-8(4)2/h3H,1-2H3. The monoisotopic (exact) mass is 178 g/mol. The molecule has 0 saturated heterocycles. The van der Waals surface area contributed by atoms with Crippen molar-refractivity contribution in [3.05, 3.63) is 11.9 Å². The van der Waals surface area contributed by atoms with Gasteiger partial charge in [0, 0.05) is 7.05 Å². The quantitative estimate of drug-likeness (QED) is 0.584. The fourth-order valence-corrected chi connectivity index (χ4v) is 1.38. The molecule has 0 spiro atoms. The maximum absolute atomic E-state index is 12.3. The summed E-state index contributed by atoms with van der Waals surface area (Å²) in [6, 6.07) is 0. The van der Waals surface area contributed by atoms with E-state index in [-0.39, 0.29) is 4.90 Å². The van der Waals surface area contributed by atoms with Gasteiger partial charge in [-0.2, -0.15) is 13.5 Å². The van der Waals surface area contributed by atoms with Crippen LogP contribution in [0.5, 0.6) is 0 Å². The van der Waals surface area contributed by atoms with E-state index in [4.69, 9.17) is 0 Å². The van der Waals surface area contributed by atoms with E-state index in [9.17, 15) is 12.3 Å². The molecule has 0 N–H and O–H groups in total. The van der Waals surface area contributed by atoms with Crippen molar-refractivity contribution in [2.45, 2.75) is 11.8 Å². The maximum Gasteiger partial charge on any atom is 0.335 e. The highest BCUT2D eigenvalue weighted by Crippen LogP contribution is 2.14. The second-order valence-electron chi connectivity index (χ2n) is 2.16. The van der Waals surface area contributed by atoms with Crippen molar-refractivity contribution in [2.75, 3.05) is 0 Å². The van der Waals surface area contributed by atoms with Crippen molar-refractivity contribution in [2.24, 2.45) is 7.05 Å². The fraction of sp³-hybridized carbons (Fsp3) is 0.400. The molecule has 0 aliphatic rings. The Morgan fingerprint density at radius 2 is 2.18 bits per heavy atom. The van der Waals surface area contributed by atoms with Gasteiger partial charge < -0.3 is 0 Å². The van der Waals surface area contributed by atoms with E-state index in [2.05, 4.69) is 5.10 Å². The van der Waals surface area contributed by atoms with Gasteiger partial charge in [-0.05, 0) is 6.92 Å². The maximum atomic E-state index is 12.3. The first kappa shape index (κ1) is 8.19. The molecule has 0 bridgehead atoms. The molecular weight excluding hydrogens is 171 g/mol. The van der Waals surface area contributed by atoms with E-state index in [0.29, 0.717) is 5.69 Å². The average molecular weight is 178 g/mol. The minimum absolute atomic E-state index is 0.299. The van der Waals surface area contributed by atoms with Crippen molar-refractivity contribution < 1.29 is 12.3 Å². The second kappa shape index (κ2) is 2.30. The van der Waals surface area contributed by atoms with Crippen LogP contribution in [0, 0.1) is 6.92 Å². The molecule has 0 atom stereocenters. The highest BCUT2D eigenvalue weighted by Gasteiger charge is 2.17. The van der Waals surface area contributed by atoms with Gasteiger partial charge in [0.1, 0.15) is 4.90 Å². The molecule has 6 heteroatoms. The van der Waals surface area contributed by atoms with E-state index in [0.717, 1.165) is 6.20 Å². The van der Waals surface area contributed by atoms with Crippen LogP contribution in [0.15, 0.2) is 11.1 Å². The van der Waals surface area contributed by atoms with Gasteiger partial charge in [-0.25, -0.2) is 0 Å². The lowest BCUT2D eigenvalue weighted by atomic mass is 10.5. The smallest absolute Gasteiger partial charge is 0.271 e. The third-order valence-corrected chi connectivity index (χ3v) is 2.38. The lowest BCUT2D eigenvalue weighted by Crippen LogP contribution is -1.96. The van der Waals surface area contributed by atoms with Gasteiger partial charge in [-0.1, -0.05) is 0 Å². The number of aryl methyl sites for hydroxylation is 1. The lowest BCUT2D eigenvalue weighted by Gasteiger charge is -1.93. The normalized spacial score (nSPS) is 11.9. The first-order chi connectivity index (χ1) is 4.93. The molecule has 0 amide bonds. The van der Waals surface area contributed by atoms with Gasteiger partial charge in [-0.3, -0.25) is 4.68 Å². The van der Waals surface area contributed by atoms with Gasteiger partial charge in [-0.15, -0.1) is 3.89 Å². The number of hydrogen-bond donors (Lipinski definition) is 0. The van der Waals surface area contributed by atoms with Crippen LogP contribution >= 0.6 is 0 Å². The first-order valence-corrected chi connectivity index (χ1v) is 4.24. The zero-order valence-electron chi connectivity index (χ0n) is 6.07. The SMILES string of the molecule is Cc1c(S(=O)(=O)F)cnn1C. The zero-order valence-corrected chi connectivity index (χ0v) is 6.89. The molecule has 0 fully saturated rings. The minimum atomic E-state index is -4.60. The first-order valence-electron chi connectivity index (χ1n) is 2.86. The third-order valence-electron chi connectivity index (χ3n) is 1.45. The van der Waals surface area contributed by atoms with Crippen LogP contribution in [-0.4, -0.2) is 18.2 Å². The van der Waals surface area contributed by atoms with Crippen LogP contribution in [0.1, 0.15) is 5.69 Å². The number of hydrogen-bond acceptors (Lipinski definition) is 3. The number of rotatable bonds is 1. The van der Waals surface area contributed by atoms with Crippen LogP contribution in [0.3, 0.4) is 0 Å². The highest BCUT2D eigenvalue weighted by atomic mass is 32.3. The molecule has 11 heavy (non-hydrogen) atoms. The van der Waals surface area contributed by atoms with Crippen molar-refractivity contribution in [1.82, 2.24) is 9.78 Å². The van der Waals surface area contributed by atoms with E-state index in [1.165, 1.54) is 11.6 Å². The van der Waals surface area contributed by atoms with Crippen molar-refractivity contribution >= 4 is 10.2 Å². The second-order valence-corrected chi connectivity index (χ2v) is 3.47. The summed E-state index contributed by atoms with van der Waals surface area (Å²) in [6.07, 6.45) is 0.991. The largest absolute Gasteiger partial charge is 0.335 e. The van der Waals surface area contributed by atoms with Gasteiger partial charge in [0.05, 0.1) is 11.9 Å². The topological polar surface area (TPSA) is 52.0 Å². The predicted octanol–water partition coefficient (Wildman–Crippen LogP) is 0.387. The molecule has 1 aromatic rings. The van der Waals surface area contributed by atoms with Crippen molar-refractivity contribution in [1.29, 1.82) is 0 Å². The summed E-state index contributed by atoms with van der Waals surface area (Å²) >= 11 is 0. The van der Waals surface area contributed by atoms with Crippen LogP contribution in [0.25, 0.3) is 0 Å². The van der Waals surface area contributed by atoms with E-state index < -0.39 is 10.2 Å². The van der Waals surface area contributed by atoms with E-state index >= 15 is 0 Å². The van der Waals surface area contributed by atoms with Gasteiger partial charge in [0.15, 0.2) is 0 Å². The molecule has 0 aliphatic heterocycles. The Kier molecular flexibility index (Phi) is 1.71. The van der Waals surface area contributed by atoms with E-state index in [1.807, 2.05) is 0 Å². The van der Waals surface area contributed by atoms with Gasteiger partial charge in [0.25, 0.3) is 0 Å². The summed E-state index contributed by atoms with van der Waals surface area (Å²) in [5.74, 6) is 0. The van der Waals surface area contributed by atoms with Gasteiger partial charge >= 0.3 is 10.2 Å². The Hall–Kier alpha value is -0.910. The lowest BCUT2D eigenvalue weighted by molar-refractivity contribution is 0.551. The van der Waals surface area contributed by atoms with Crippen LogP contribution in [-0.2, 0) is 17.3 Å². The van der Waals surface area contributed by atoms with Crippen LogP contribution in [0.2, 0.25) is 0 Å². The van der Waals surface area contributed by atoms with Crippen LogP contribution < -0.4 is 0 Å². The molecular formula is C5H7FN2O2S. The molecule has 1 heterocycles. The molecule has 1 rings (SSSR count). The molecule has 0 aromatic carbocycles. The van der Waals surface area contributed by atoms with Crippen molar-refractivity contribution in [3.8, 4) is 0 Å². The predicted molar refractivity (Wildman–Crippen MR) is 36.2 cm³/mol. The Morgan fingerprint density at radius 3 is 2.36 bits per heavy atom. The third kappa shape index (κ3) is 1.40. The summed E-state index contributed by atoms with van der Waals surface area (Å²) in [7, 11) is -3.05. The fourth-order valence-electron chi connectivity index (χ4n) is 0.718. The number of halogens is 1. The Morgan fingerprint density at radius 1 is 1.64 bits per heavy atom. The molecule has 62 valence electrons. The van der Waals surface area contributed by atoms with Gasteiger partial charge in [0.2, 0.25) is 0 Å². The minimum Gasteiger partial charge on any atom is -0.271 e. The summed E-state index contributed by atoms with van der Waals surface area (Å²) in [5, 5.41) is 3.58. The Balaban J connectivity index is 3.38. The average Bonchev–Trinajstić information content (AvgIpc) is 2.11. The number of aromatic nitrogens is 2. The molecule has 0 radical (unpaired) electrons. The highest BCUT2D eigenvalue weighted by molar-refractivity contribution is 7.86. The molecule has 0 unspecified atom stereocenters. The van der Waals surface area contributed by atoms with Crippen LogP contribution in [0.4, 0.5) is 3.89 Å². The molecule has 0 saturated carbocycles. The summed E-state index contributed by atoms with van der Waals surface area (Å²) in [4.78, 5) is -0.361. The molecule has 1 aromatic heterocycles. The number of nitrogens with zero attached hydrogens (tertiary/aromatic N) is 2. The molecule has 4 nitrogen and oxygen atoms in total.